The van der Waals surface area contributed by atoms with E-state index in [0.717, 1.165) is 11.1 Å². The van der Waals surface area contributed by atoms with E-state index < -0.39 is 11.8 Å². The smallest absolute Gasteiger partial charge is 0.335 e. The predicted octanol–water partition coefficient (Wildman–Crippen LogP) is 4.57. The number of carboxylic acid groups (broad SMARTS) is 1. The fraction of sp³-hybridized carbons (Fsp3) is 0.125. The van der Waals surface area contributed by atoms with Gasteiger partial charge < -0.3 is 14.6 Å². The summed E-state index contributed by atoms with van der Waals surface area (Å²) < 4.78 is 27.0. The van der Waals surface area contributed by atoms with E-state index in [9.17, 15) is 14.3 Å². The summed E-state index contributed by atoms with van der Waals surface area (Å²) in [6, 6.07) is 16.6. The number of ether oxygens (including phenoxy) is 2. The lowest BCUT2D eigenvalue weighted by atomic mass is 10.1. The molecule has 1 N–H and O–H groups in total. The van der Waals surface area contributed by atoms with E-state index in [0.29, 0.717) is 29.6 Å². The molecule has 7 nitrogen and oxygen atoms in total. The van der Waals surface area contributed by atoms with E-state index in [4.69, 9.17) is 9.47 Å². The highest BCUT2D eigenvalue weighted by Gasteiger charge is 2.13. The van der Waals surface area contributed by atoms with Gasteiger partial charge in [0.25, 0.3) is 0 Å². The van der Waals surface area contributed by atoms with Gasteiger partial charge in [0, 0.05) is 23.9 Å². The Morgan fingerprint density at radius 3 is 2.59 bits per heavy atom. The molecule has 0 amide bonds. The molecule has 2 heterocycles. The first-order chi connectivity index (χ1) is 15.5. The van der Waals surface area contributed by atoms with Gasteiger partial charge in [-0.3, -0.25) is 0 Å². The summed E-state index contributed by atoms with van der Waals surface area (Å²) >= 11 is 0. The third-order valence-electron chi connectivity index (χ3n) is 4.74. The SMILES string of the molecule is Cc1ccc(COc2cc(F)ccc2COc2ccnn2-c2cc(C(=O)O)ccn2)cc1. The third kappa shape index (κ3) is 4.92. The molecule has 0 bridgehead atoms. The molecule has 0 saturated heterocycles. The fourth-order valence-electron chi connectivity index (χ4n) is 3.02. The summed E-state index contributed by atoms with van der Waals surface area (Å²) in [7, 11) is 0. The Bertz CT molecular complexity index is 1240. The van der Waals surface area contributed by atoms with Crippen molar-refractivity contribution in [3.05, 3.63) is 101 Å². The van der Waals surface area contributed by atoms with Gasteiger partial charge in [0.15, 0.2) is 5.82 Å². The highest BCUT2D eigenvalue weighted by molar-refractivity contribution is 5.87. The highest BCUT2D eigenvalue weighted by Crippen LogP contribution is 2.24. The van der Waals surface area contributed by atoms with Crippen molar-refractivity contribution in [2.75, 3.05) is 0 Å². The Balaban J connectivity index is 1.50. The number of benzene rings is 2. The predicted molar refractivity (Wildman–Crippen MR) is 115 cm³/mol. The van der Waals surface area contributed by atoms with Crippen molar-refractivity contribution in [1.29, 1.82) is 0 Å². The second kappa shape index (κ2) is 9.30. The molecule has 32 heavy (non-hydrogen) atoms. The molecule has 0 saturated carbocycles. The number of carboxylic acids is 1. The van der Waals surface area contributed by atoms with Gasteiger partial charge in [0.1, 0.15) is 24.8 Å². The van der Waals surface area contributed by atoms with Gasteiger partial charge in [-0.05, 0) is 36.8 Å². The third-order valence-corrected chi connectivity index (χ3v) is 4.74. The summed E-state index contributed by atoms with van der Waals surface area (Å²) in [5.74, 6) is -0.436. The van der Waals surface area contributed by atoms with Crippen molar-refractivity contribution in [3.63, 3.8) is 0 Å². The van der Waals surface area contributed by atoms with Gasteiger partial charge in [-0.1, -0.05) is 29.8 Å². The van der Waals surface area contributed by atoms with Gasteiger partial charge >= 0.3 is 5.97 Å². The van der Waals surface area contributed by atoms with E-state index in [1.165, 1.54) is 41.3 Å². The van der Waals surface area contributed by atoms with E-state index in [1.54, 1.807) is 12.1 Å². The fourth-order valence-corrected chi connectivity index (χ4v) is 3.02. The maximum absolute atomic E-state index is 13.8. The second-order valence-corrected chi connectivity index (χ2v) is 7.10. The molecule has 2 aromatic carbocycles. The highest BCUT2D eigenvalue weighted by atomic mass is 19.1. The van der Waals surface area contributed by atoms with E-state index in [1.807, 2.05) is 31.2 Å². The van der Waals surface area contributed by atoms with Crippen LogP contribution in [0.3, 0.4) is 0 Å². The number of hydrogen-bond donors (Lipinski definition) is 1. The topological polar surface area (TPSA) is 86.5 Å². The molecule has 8 heteroatoms. The second-order valence-electron chi connectivity index (χ2n) is 7.10. The van der Waals surface area contributed by atoms with Crippen LogP contribution < -0.4 is 9.47 Å². The summed E-state index contributed by atoms with van der Waals surface area (Å²) in [5.41, 5.74) is 2.85. The van der Waals surface area contributed by atoms with Crippen LogP contribution in [0.5, 0.6) is 11.6 Å². The molecular formula is C24H20FN3O4. The van der Waals surface area contributed by atoms with Gasteiger partial charge in [-0.2, -0.15) is 9.78 Å². The molecule has 0 radical (unpaired) electrons. The minimum absolute atomic E-state index is 0.0850. The van der Waals surface area contributed by atoms with Crippen molar-refractivity contribution in [3.8, 4) is 17.4 Å². The Kier molecular flexibility index (Phi) is 6.12. The lowest BCUT2D eigenvalue weighted by molar-refractivity contribution is 0.0696. The van der Waals surface area contributed by atoms with Crippen LogP contribution in [0.1, 0.15) is 27.0 Å². The zero-order valence-corrected chi connectivity index (χ0v) is 17.2. The number of pyridine rings is 1. The number of aromatic nitrogens is 3. The number of aryl methyl sites for hydroxylation is 1. The van der Waals surface area contributed by atoms with E-state index in [-0.39, 0.29) is 12.2 Å². The lowest BCUT2D eigenvalue weighted by Gasteiger charge is -2.14. The Morgan fingerprint density at radius 2 is 1.81 bits per heavy atom. The molecule has 2 aromatic heterocycles. The van der Waals surface area contributed by atoms with Gasteiger partial charge in [-0.15, -0.1) is 0 Å². The molecule has 0 aliphatic heterocycles. The Labute approximate surface area is 183 Å². The van der Waals surface area contributed by atoms with Crippen LogP contribution >= 0.6 is 0 Å². The first-order valence-electron chi connectivity index (χ1n) is 9.83. The standard InChI is InChI=1S/C24H20FN3O4/c1-16-2-4-17(5-3-16)14-31-21-13-20(25)7-6-19(21)15-32-23-9-11-27-28(23)22-12-18(24(29)30)8-10-26-22/h2-13H,14-15H2,1H3,(H,29,30). The van der Waals surface area contributed by atoms with Crippen LogP contribution in [-0.2, 0) is 13.2 Å². The van der Waals surface area contributed by atoms with Crippen molar-refractivity contribution in [1.82, 2.24) is 14.8 Å². The normalized spacial score (nSPS) is 10.7. The van der Waals surface area contributed by atoms with Gasteiger partial charge in [0.2, 0.25) is 5.88 Å². The minimum Gasteiger partial charge on any atom is -0.488 e. The van der Waals surface area contributed by atoms with Crippen LogP contribution in [0.4, 0.5) is 4.39 Å². The number of aromatic carboxylic acids is 1. The monoisotopic (exact) mass is 433 g/mol. The largest absolute Gasteiger partial charge is 0.488 e. The van der Waals surface area contributed by atoms with Crippen molar-refractivity contribution < 1.29 is 23.8 Å². The van der Waals surface area contributed by atoms with Crippen molar-refractivity contribution in [2.24, 2.45) is 0 Å². The maximum atomic E-state index is 13.8. The zero-order valence-electron chi connectivity index (χ0n) is 17.2. The van der Waals surface area contributed by atoms with Crippen LogP contribution in [0.2, 0.25) is 0 Å². The van der Waals surface area contributed by atoms with Gasteiger partial charge in [-0.25, -0.2) is 14.2 Å². The zero-order chi connectivity index (χ0) is 22.5. The molecule has 4 rings (SSSR count). The molecule has 0 spiro atoms. The molecule has 0 aliphatic carbocycles. The summed E-state index contributed by atoms with van der Waals surface area (Å²) in [6.07, 6.45) is 2.91. The van der Waals surface area contributed by atoms with Crippen molar-refractivity contribution >= 4 is 5.97 Å². The number of nitrogens with zero attached hydrogens (tertiary/aromatic N) is 3. The quantitative estimate of drug-likeness (QED) is 0.438. The Hall–Kier alpha value is -4.20. The molecule has 0 atom stereocenters. The minimum atomic E-state index is -1.06. The van der Waals surface area contributed by atoms with Crippen LogP contribution in [0.15, 0.2) is 73.1 Å². The van der Waals surface area contributed by atoms with E-state index >= 15 is 0 Å². The lowest BCUT2D eigenvalue weighted by Crippen LogP contribution is -2.07. The average molecular weight is 433 g/mol. The molecule has 0 unspecified atom stereocenters. The summed E-state index contributed by atoms with van der Waals surface area (Å²) in [6.45, 7) is 2.39. The first-order valence-corrected chi connectivity index (χ1v) is 9.83. The first kappa shape index (κ1) is 21.0. The summed E-state index contributed by atoms with van der Waals surface area (Å²) in [4.78, 5) is 15.4. The number of hydrogen-bond acceptors (Lipinski definition) is 5. The molecule has 162 valence electrons. The number of rotatable bonds is 8. The number of halogens is 1. The molecular weight excluding hydrogens is 413 g/mol. The molecule has 0 fully saturated rings. The summed E-state index contributed by atoms with van der Waals surface area (Å²) in [5, 5.41) is 13.4. The van der Waals surface area contributed by atoms with Crippen molar-refractivity contribution in [2.45, 2.75) is 20.1 Å². The van der Waals surface area contributed by atoms with Crippen LogP contribution in [0, 0.1) is 12.7 Å². The Morgan fingerprint density at radius 1 is 1.00 bits per heavy atom. The molecule has 0 aliphatic rings. The average Bonchev–Trinajstić information content (AvgIpc) is 3.27. The van der Waals surface area contributed by atoms with E-state index in [2.05, 4.69) is 10.1 Å². The van der Waals surface area contributed by atoms with Crippen LogP contribution in [-0.4, -0.2) is 25.8 Å². The number of carbonyl (C=O) groups is 1. The molecule has 4 aromatic rings. The van der Waals surface area contributed by atoms with Gasteiger partial charge in [0.05, 0.1) is 11.8 Å². The maximum Gasteiger partial charge on any atom is 0.335 e. The van der Waals surface area contributed by atoms with Crippen LogP contribution in [0.25, 0.3) is 5.82 Å².